The number of esters is 1. The molecular weight excluding hydrogens is 356 g/mol. The molecule has 126 valence electrons. The molecule has 0 radical (unpaired) electrons. The van der Waals surface area contributed by atoms with Crippen LogP contribution in [0.15, 0.2) is 18.2 Å². The fourth-order valence-electron chi connectivity index (χ4n) is 2.18. The predicted octanol–water partition coefficient (Wildman–Crippen LogP) is 1.70. The zero-order valence-electron chi connectivity index (χ0n) is 12.6. The Hall–Kier alpha value is -2.23. The number of rotatable bonds is 5. The van der Waals surface area contributed by atoms with E-state index in [9.17, 15) is 9.59 Å². The van der Waals surface area contributed by atoms with Gasteiger partial charge in [-0.05, 0) is 18.2 Å². The minimum absolute atomic E-state index is 0.0359. The highest BCUT2D eigenvalue weighted by molar-refractivity contribution is 7.15. The van der Waals surface area contributed by atoms with Gasteiger partial charge in [-0.2, -0.15) is 0 Å². The van der Waals surface area contributed by atoms with Crippen molar-refractivity contribution in [2.45, 2.75) is 6.61 Å². The Labute approximate surface area is 146 Å². The van der Waals surface area contributed by atoms with Gasteiger partial charge >= 0.3 is 5.97 Å². The van der Waals surface area contributed by atoms with Crippen molar-refractivity contribution in [3.63, 3.8) is 0 Å². The number of aromatic nitrogens is 2. The average molecular weight is 369 g/mol. The number of amides is 1. The number of anilines is 2. The van der Waals surface area contributed by atoms with Crippen molar-refractivity contribution in [3.8, 4) is 5.75 Å². The Morgan fingerprint density at radius 2 is 2.33 bits per heavy atom. The summed E-state index contributed by atoms with van der Waals surface area (Å²) in [5.74, 6) is -0.381. The maximum atomic E-state index is 12.2. The first kappa shape index (κ1) is 16.6. The van der Waals surface area contributed by atoms with Crippen molar-refractivity contribution < 1.29 is 19.1 Å². The molecule has 1 N–H and O–H groups in total. The fourth-order valence-corrected chi connectivity index (χ4v) is 3.07. The Kier molecular flexibility index (Phi) is 4.93. The second kappa shape index (κ2) is 7.12. The van der Waals surface area contributed by atoms with Gasteiger partial charge in [-0.3, -0.25) is 10.1 Å². The van der Waals surface area contributed by atoms with Crippen molar-refractivity contribution in [2.24, 2.45) is 0 Å². The van der Waals surface area contributed by atoms with Crippen molar-refractivity contribution in [3.05, 3.63) is 28.2 Å². The molecule has 0 saturated carbocycles. The summed E-state index contributed by atoms with van der Waals surface area (Å²) in [5, 5.41) is 11.9. The van der Waals surface area contributed by atoms with Gasteiger partial charge in [0, 0.05) is 12.1 Å². The van der Waals surface area contributed by atoms with E-state index in [1.54, 1.807) is 30.2 Å². The molecule has 2 aromatic rings. The van der Waals surface area contributed by atoms with Crippen LogP contribution in [0.5, 0.6) is 5.75 Å². The molecule has 0 aliphatic carbocycles. The summed E-state index contributed by atoms with van der Waals surface area (Å²) in [4.78, 5) is 25.5. The van der Waals surface area contributed by atoms with Crippen LogP contribution in [0.25, 0.3) is 0 Å². The number of nitrogens with one attached hydrogen (secondary N) is 1. The van der Waals surface area contributed by atoms with Crippen LogP contribution in [0.3, 0.4) is 0 Å². The summed E-state index contributed by atoms with van der Waals surface area (Å²) in [6.45, 7) is 0.255. The van der Waals surface area contributed by atoms with Crippen LogP contribution in [-0.2, 0) is 20.9 Å². The molecule has 1 amide bonds. The van der Waals surface area contributed by atoms with Crippen LogP contribution in [0.2, 0.25) is 5.02 Å². The van der Waals surface area contributed by atoms with E-state index < -0.39 is 5.97 Å². The summed E-state index contributed by atoms with van der Waals surface area (Å²) < 4.78 is 10.1. The summed E-state index contributed by atoms with van der Waals surface area (Å²) in [6.07, 6.45) is 0. The van der Waals surface area contributed by atoms with Crippen LogP contribution in [0, 0.1) is 0 Å². The van der Waals surface area contributed by atoms with E-state index in [1.807, 2.05) is 0 Å². The number of hydrogen-bond acceptors (Lipinski definition) is 8. The lowest BCUT2D eigenvalue weighted by atomic mass is 10.2. The lowest BCUT2D eigenvalue weighted by Gasteiger charge is -2.29. The molecule has 0 bridgehead atoms. The molecule has 8 nitrogen and oxygen atoms in total. The van der Waals surface area contributed by atoms with Crippen LogP contribution >= 0.6 is 22.9 Å². The highest BCUT2D eigenvalue weighted by Crippen LogP contribution is 2.34. The fraction of sp³-hybridized carbons (Fsp3) is 0.286. The third-order valence-electron chi connectivity index (χ3n) is 3.12. The SMILES string of the molecule is COCc1nnc(NC(=O)CN2CC(=O)Oc3ccc(Cl)cc32)s1. The van der Waals surface area contributed by atoms with Crippen LogP contribution in [0.1, 0.15) is 5.01 Å². The molecule has 1 aliphatic heterocycles. The molecule has 0 saturated heterocycles. The van der Waals surface area contributed by atoms with Gasteiger partial charge in [0.05, 0.1) is 12.2 Å². The second-order valence-corrected chi connectivity index (χ2v) is 6.42. The Balaban J connectivity index is 1.70. The molecule has 0 fully saturated rings. The van der Waals surface area contributed by atoms with Gasteiger partial charge < -0.3 is 14.4 Å². The van der Waals surface area contributed by atoms with Gasteiger partial charge in [-0.25, -0.2) is 4.79 Å². The summed E-state index contributed by atoms with van der Waals surface area (Å²) >= 11 is 7.21. The molecule has 0 unspecified atom stereocenters. The van der Waals surface area contributed by atoms with Crippen molar-refractivity contribution in [1.29, 1.82) is 0 Å². The number of nitrogens with zero attached hydrogens (tertiary/aromatic N) is 3. The minimum atomic E-state index is -0.434. The molecule has 24 heavy (non-hydrogen) atoms. The third-order valence-corrected chi connectivity index (χ3v) is 4.17. The lowest BCUT2D eigenvalue weighted by Crippen LogP contribution is -2.41. The van der Waals surface area contributed by atoms with Gasteiger partial charge in [0.25, 0.3) is 0 Å². The number of hydrogen-bond donors (Lipinski definition) is 1. The highest BCUT2D eigenvalue weighted by Gasteiger charge is 2.26. The van der Waals surface area contributed by atoms with E-state index in [1.165, 1.54) is 11.3 Å². The van der Waals surface area contributed by atoms with Crippen molar-refractivity contribution in [1.82, 2.24) is 10.2 Å². The number of methoxy groups -OCH3 is 1. The summed E-state index contributed by atoms with van der Waals surface area (Å²) in [6, 6.07) is 4.87. The smallest absolute Gasteiger partial charge is 0.331 e. The van der Waals surface area contributed by atoms with Crippen molar-refractivity contribution >= 4 is 45.6 Å². The second-order valence-electron chi connectivity index (χ2n) is 4.92. The zero-order chi connectivity index (χ0) is 17.1. The first-order chi connectivity index (χ1) is 11.5. The average Bonchev–Trinajstić information content (AvgIpc) is 2.95. The van der Waals surface area contributed by atoms with Gasteiger partial charge in [0.15, 0.2) is 5.75 Å². The summed E-state index contributed by atoms with van der Waals surface area (Å²) in [7, 11) is 1.55. The largest absolute Gasteiger partial charge is 0.423 e. The third kappa shape index (κ3) is 3.81. The van der Waals surface area contributed by atoms with Gasteiger partial charge in [0.2, 0.25) is 11.0 Å². The van der Waals surface area contributed by atoms with Crippen molar-refractivity contribution in [2.75, 3.05) is 30.4 Å². The molecule has 3 rings (SSSR count). The molecule has 1 aromatic heterocycles. The Morgan fingerprint density at radius 1 is 1.50 bits per heavy atom. The number of halogens is 1. The van der Waals surface area contributed by atoms with Gasteiger partial charge in [-0.15, -0.1) is 10.2 Å². The number of fused-ring (bicyclic) bond motifs is 1. The molecular formula is C14H13ClN4O4S. The minimum Gasteiger partial charge on any atom is -0.423 e. The molecule has 0 spiro atoms. The quantitative estimate of drug-likeness (QED) is 0.634. The lowest BCUT2D eigenvalue weighted by molar-refractivity contribution is -0.133. The summed E-state index contributed by atoms with van der Waals surface area (Å²) in [5.41, 5.74) is 0.592. The van der Waals surface area contributed by atoms with E-state index in [-0.39, 0.29) is 19.0 Å². The Morgan fingerprint density at radius 3 is 3.12 bits per heavy atom. The van der Waals surface area contributed by atoms with E-state index in [0.29, 0.717) is 33.2 Å². The maximum absolute atomic E-state index is 12.2. The normalized spacial score (nSPS) is 13.4. The predicted molar refractivity (Wildman–Crippen MR) is 88.6 cm³/mol. The zero-order valence-corrected chi connectivity index (χ0v) is 14.2. The number of ether oxygens (including phenoxy) is 2. The monoisotopic (exact) mass is 368 g/mol. The van der Waals surface area contributed by atoms with E-state index in [2.05, 4.69) is 15.5 Å². The molecule has 0 atom stereocenters. The Bertz CT molecular complexity index is 782. The molecule has 1 aliphatic rings. The van der Waals surface area contributed by atoms with E-state index >= 15 is 0 Å². The highest BCUT2D eigenvalue weighted by atomic mass is 35.5. The van der Waals surface area contributed by atoms with Gasteiger partial charge in [-0.1, -0.05) is 22.9 Å². The number of carbonyl (C=O) groups excluding carboxylic acids is 2. The first-order valence-electron chi connectivity index (χ1n) is 6.91. The van der Waals surface area contributed by atoms with Crippen LogP contribution in [-0.4, -0.2) is 42.3 Å². The standard InChI is InChI=1S/C14H13ClN4O4S/c1-22-7-12-17-18-14(24-12)16-11(20)5-19-6-13(21)23-10-3-2-8(15)4-9(10)19/h2-4H,5-7H2,1H3,(H,16,18,20). The van der Waals surface area contributed by atoms with Gasteiger partial charge in [0.1, 0.15) is 18.2 Å². The van der Waals surface area contributed by atoms with E-state index in [0.717, 1.165) is 0 Å². The molecule has 1 aromatic carbocycles. The topological polar surface area (TPSA) is 93.7 Å². The first-order valence-corrected chi connectivity index (χ1v) is 8.11. The number of carbonyl (C=O) groups is 2. The maximum Gasteiger partial charge on any atom is 0.331 e. The van der Waals surface area contributed by atoms with Crippen LogP contribution in [0.4, 0.5) is 10.8 Å². The molecule has 2 heterocycles. The number of benzene rings is 1. The van der Waals surface area contributed by atoms with E-state index in [4.69, 9.17) is 21.1 Å². The molecule has 10 heteroatoms. The van der Waals surface area contributed by atoms with Crippen LogP contribution < -0.4 is 15.0 Å².